The number of hydrogen-bond donors (Lipinski definition) is 0. The molecule has 3 heteroatoms. The molecule has 3 aliphatic carbocycles. The molecule has 3 rings (SSSR count). The van der Waals surface area contributed by atoms with E-state index in [9.17, 15) is 9.59 Å². The van der Waals surface area contributed by atoms with E-state index in [0.717, 1.165) is 24.8 Å². The maximum Gasteiger partial charge on any atom is 0.302 e. The van der Waals surface area contributed by atoms with Crippen LogP contribution in [0.15, 0.2) is 12.2 Å². The molecule has 4 atom stereocenters. The molecule has 3 nitrogen and oxygen atoms in total. The number of Topliss-reactive ketones (excluding diaryl/α,β-unsaturated/α-hetero) is 1. The van der Waals surface area contributed by atoms with Crippen LogP contribution in [0.25, 0.3) is 0 Å². The third-order valence-electron chi connectivity index (χ3n) is 5.60. The van der Waals surface area contributed by atoms with Crippen LogP contribution in [-0.4, -0.2) is 17.9 Å². The van der Waals surface area contributed by atoms with Crippen LogP contribution in [0, 0.1) is 22.7 Å². The van der Waals surface area contributed by atoms with Crippen LogP contribution in [0.4, 0.5) is 0 Å². The SMILES string of the molecule is C=C1C[C@@H](OC(C)=O)[C@]23CCC(=O)[C@@H]2[C@H]1C(C)(C)C3. The smallest absolute Gasteiger partial charge is 0.302 e. The molecule has 3 saturated carbocycles. The van der Waals surface area contributed by atoms with Crippen molar-refractivity contribution in [3.8, 4) is 0 Å². The second-order valence-corrected chi connectivity index (χ2v) is 7.28. The van der Waals surface area contributed by atoms with Crippen molar-refractivity contribution in [3.63, 3.8) is 0 Å². The first kappa shape index (κ1) is 12.9. The van der Waals surface area contributed by atoms with E-state index >= 15 is 0 Å². The lowest BCUT2D eigenvalue weighted by atomic mass is 9.65. The van der Waals surface area contributed by atoms with E-state index in [4.69, 9.17) is 4.74 Å². The van der Waals surface area contributed by atoms with Gasteiger partial charge >= 0.3 is 5.97 Å². The summed E-state index contributed by atoms with van der Waals surface area (Å²) in [7, 11) is 0. The van der Waals surface area contributed by atoms with Crippen LogP contribution >= 0.6 is 0 Å². The van der Waals surface area contributed by atoms with Gasteiger partial charge in [-0.25, -0.2) is 0 Å². The van der Waals surface area contributed by atoms with Gasteiger partial charge in [0, 0.05) is 31.1 Å². The van der Waals surface area contributed by atoms with E-state index < -0.39 is 0 Å². The molecule has 104 valence electrons. The lowest BCUT2D eigenvalue weighted by Crippen LogP contribution is -2.45. The van der Waals surface area contributed by atoms with Crippen LogP contribution in [0.1, 0.15) is 46.5 Å². The summed E-state index contributed by atoms with van der Waals surface area (Å²) < 4.78 is 5.59. The van der Waals surface area contributed by atoms with Crippen molar-refractivity contribution >= 4 is 11.8 Å². The van der Waals surface area contributed by atoms with Gasteiger partial charge in [0.2, 0.25) is 0 Å². The van der Waals surface area contributed by atoms with Crippen LogP contribution in [0.5, 0.6) is 0 Å². The Kier molecular flexibility index (Phi) is 2.52. The number of rotatable bonds is 1. The minimum Gasteiger partial charge on any atom is -0.462 e. The summed E-state index contributed by atoms with van der Waals surface area (Å²) in [6, 6.07) is 0. The van der Waals surface area contributed by atoms with Crippen molar-refractivity contribution in [2.75, 3.05) is 0 Å². The molecule has 0 radical (unpaired) electrons. The summed E-state index contributed by atoms with van der Waals surface area (Å²) in [4.78, 5) is 23.7. The zero-order valence-corrected chi connectivity index (χ0v) is 12.0. The largest absolute Gasteiger partial charge is 0.462 e. The van der Waals surface area contributed by atoms with Crippen LogP contribution in [0.3, 0.4) is 0 Å². The van der Waals surface area contributed by atoms with E-state index in [2.05, 4.69) is 20.4 Å². The number of ether oxygens (including phenoxy) is 1. The van der Waals surface area contributed by atoms with Crippen molar-refractivity contribution in [1.82, 2.24) is 0 Å². The fourth-order valence-electron chi connectivity index (χ4n) is 5.30. The predicted molar refractivity (Wildman–Crippen MR) is 71.4 cm³/mol. The van der Waals surface area contributed by atoms with Gasteiger partial charge in [-0.15, -0.1) is 0 Å². The molecule has 0 N–H and O–H groups in total. The molecule has 0 heterocycles. The molecule has 0 spiro atoms. The predicted octanol–water partition coefficient (Wildman–Crippen LogP) is 2.89. The van der Waals surface area contributed by atoms with Gasteiger partial charge in [0.25, 0.3) is 0 Å². The molecular weight excluding hydrogens is 240 g/mol. The molecule has 0 unspecified atom stereocenters. The third-order valence-corrected chi connectivity index (χ3v) is 5.60. The highest BCUT2D eigenvalue weighted by Gasteiger charge is 2.68. The van der Waals surface area contributed by atoms with Gasteiger partial charge in [-0.2, -0.15) is 0 Å². The van der Waals surface area contributed by atoms with E-state index in [1.807, 2.05) is 0 Å². The Labute approximate surface area is 114 Å². The third kappa shape index (κ3) is 1.56. The lowest BCUT2D eigenvalue weighted by Gasteiger charge is -2.42. The van der Waals surface area contributed by atoms with E-state index in [1.165, 1.54) is 6.92 Å². The Bertz CT molecular complexity index is 476. The molecule has 0 amide bonds. The normalized spacial score (nSPS) is 43.2. The van der Waals surface area contributed by atoms with Crippen LogP contribution < -0.4 is 0 Å². The highest BCUT2D eigenvalue weighted by molar-refractivity contribution is 5.86. The molecule has 3 aliphatic rings. The van der Waals surface area contributed by atoms with E-state index in [-0.39, 0.29) is 34.7 Å². The Morgan fingerprint density at radius 1 is 1.37 bits per heavy atom. The number of ketones is 1. The van der Waals surface area contributed by atoms with Crippen molar-refractivity contribution in [2.24, 2.45) is 22.7 Å². The summed E-state index contributed by atoms with van der Waals surface area (Å²) in [6.07, 6.45) is 3.08. The lowest BCUT2D eigenvalue weighted by molar-refractivity contribution is -0.158. The fourth-order valence-corrected chi connectivity index (χ4v) is 5.30. The zero-order chi connectivity index (χ0) is 14.0. The first-order chi connectivity index (χ1) is 8.78. The Morgan fingerprint density at radius 3 is 2.68 bits per heavy atom. The summed E-state index contributed by atoms with van der Waals surface area (Å²) in [5.41, 5.74) is 1.08. The topological polar surface area (TPSA) is 43.4 Å². The Hall–Kier alpha value is -1.12. The van der Waals surface area contributed by atoms with Crippen LogP contribution in [0.2, 0.25) is 0 Å². The van der Waals surface area contributed by atoms with Crippen molar-refractivity contribution in [2.45, 2.75) is 52.6 Å². The summed E-state index contributed by atoms with van der Waals surface area (Å²) >= 11 is 0. The molecule has 0 aromatic carbocycles. The average molecular weight is 262 g/mol. The first-order valence-electron chi connectivity index (χ1n) is 7.15. The maximum atomic E-state index is 12.3. The Balaban J connectivity index is 2.07. The van der Waals surface area contributed by atoms with Gasteiger partial charge in [0.15, 0.2) is 0 Å². The minimum atomic E-state index is -0.242. The Morgan fingerprint density at radius 2 is 2.05 bits per heavy atom. The van der Waals surface area contributed by atoms with Gasteiger partial charge < -0.3 is 4.74 Å². The van der Waals surface area contributed by atoms with Crippen molar-refractivity contribution < 1.29 is 14.3 Å². The highest BCUT2D eigenvalue weighted by atomic mass is 16.5. The van der Waals surface area contributed by atoms with Gasteiger partial charge in [-0.05, 0) is 24.2 Å². The number of hydrogen-bond acceptors (Lipinski definition) is 3. The molecule has 0 aromatic rings. The monoisotopic (exact) mass is 262 g/mol. The zero-order valence-electron chi connectivity index (χ0n) is 12.0. The number of carbonyl (C=O) groups excluding carboxylic acids is 2. The van der Waals surface area contributed by atoms with Gasteiger partial charge in [-0.3, -0.25) is 9.59 Å². The van der Waals surface area contributed by atoms with E-state index in [0.29, 0.717) is 12.2 Å². The first-order valence-corrected chi connectivity index (χ1v) is 7.15. The second-order valence-electron chi connectivity index (χ2n) is 7.28. The standard InChI is InChI=1S/C16H22O3/c1-9-7-12(19-10(2)17)16-6-5-11(18)14(16)13(9)15(3,4)8-16/h12-14H,1,5-8H2,2-4H3/t12-,13+,14-,16-/m1/s1. The van der Waals surface area contributed by atoms with Gasteiger partial charge in [-0.1, -0.05) is 26.0 Å². The summed E-state index contributed by atoms with van der Waals surface area (Å²) in [5.74, 6) is 0.421. The van der Waals surface area contributed by atoms with Crippen LogP contribution in [-0.2, 0) is 14.3 Å². The fraction of sp³-hybridized carbons (Fsp3) is 0.750. The average Bonchev–Trinajstić information content (AvgIpc) is 2.67. The molecular formula is C16H22O3. The number of esters is 1. The van der Waals surface area contributed by atoms with E-state index in [1.54, 1.807) is 0 Å². The molecule has 0 aliphatic heterocycles. The minimum absolute atomic E-state index is 0.0353. The molecule has 19 heavy (non-hydrogen) atoms. The van der Waals surface area contributed by atoms with Crippen molar-refractivity contribution in [3.05, 3.63) is 12.2 Å². The summed E-state index contributed by atoms with van der Waals surface area (Å²) in [6.45, 7) is 10.1. The second kappa shape index (κ2) is 3.71. The number of carbonyl (C=O) groups is 2. The quantitative estimate of drug-likeness (QED) is 0.539. The maximum absolute atomic E-state index is 12.3. The van der Waals surface area contributed by atoms with Gasteiger partial charge in [0.05, 0.1) is 0 Å². The molecule has 3 fully saturated rings. The summed E-state index contributed by atoms with van der Waals surface area (Å²) in [5, 5.41) is 0. The van der Waals surface area contributed by atoms with Gasteiger partial charge in [0.1, 0.15) is 11.9 Å². The molecule has 0 aromatic heterocycles. The van der Waals surface area contributed by atoms with Crippen molar-refractivity contribution in [1.29, 1.82) is 0 Å². The molecule has 2 bridgehead atoms. The molecule has 0 saturated heterocycles. The highest BCUT2D eigenvalue weighted by Crippen LogP contribution is 2.69.